The van der Waals surface area contributed by atoms with Crippen LogP contribution >= 0.6 is 0 Å². The molecule has 9 heteroatoms. The van der Waals surface area contributed by atoms with Gasteiger partial charge in [-0.2, -0.15) is 0 Å². The first-order chi connectivity index (χ1) is 15.8. The van der Waals surface area contributed by atoms with Crippen molar-refractivity contribution in [1.29, 1.82) is 0 Å². The molecule has 0 saturated carbocycles. The van der Waals surface area contributed by atoms with Crippen molar-refractivity contribution >= 4 is 5.91 Å². The van der Waals surface area contributed by atoms with Gasteiger partial charge in [-0.1, -0.05) is 30.3 Å². The third kappa shape index (κ3) is 3.67. The molecule has 3 aromatic rings. The fourth-order valence-electron chi connectivity index (χ4n) is 4.10. The molecule has 1 aliphatic rings. The molecule has 0 radical (unpaired) electrons. The highest BCUT2D eigenvalue weighted by molar-refractivity contribution is 5.95. The number of hydrogen-bond donors (Lipinski definition) is 0. The quantitative estimate of drug-likeness (QED) is 0.304. The van der Waals surface area contributed by atoms with Crippen LogP contribution in [0.4, 0.5) is 22.0 Å². The van der Waals surface area contributed by atoms with E-state index in [0.29, 0.717) is 22.6 Å². The summed E-state index contributed by atoms with van der Waals surface area (Å²) < 4.78 is 80.7. The van der Waals surface area contributed by atoms with Crippen LogP contribution in [0, 0.1) is 29.1 Å². The summed E-state index contributed by atoms with van der Waals surface area (Å²) in [7, 11) is 2.91. The fourth-order valence-corrected chi connectivity index (χ4v) is 4.10. The summed E-state index contributed by atoms with van der Waals surface area (Å²) in [5.74, 6) is -11.5. The van der Waals surface area contributed by atoms with Gasteiger partial charge < -0.3 is 14.4 Å². The van der Waals surface area contributed by atoms with E-state index in [1.54, 1.807) is 42.5 Å². The minimum absolute atomic E-state index is 0.0274. The third-order valence-electron chi connectivity index (χ3n) is 5.67. The third-order valence-corrected chi connectivity index (χ3v) is 5.67. The zero-order valence-corrected chi connectivity index (χ0v) is 17.6. The average molecular weight is 463 g/mol. The lowest BCUT2D eigenvalue weighted by molar-refractivity contribution is 0.0680. The molecule has 1 heterocycles. The van der Waals surface area contributed by atoms with Gasteiger partial charge in [0, 0.05) is 6.54 Å². The first-order valence-electron chi connectivity index (χ1n) is 9.92. The number of amides is 1. The van der Waals surface area contributed by atoms with E-state index in [9.17, 15) is 26.7 Å². The SMILES string of the molecule is COc1cc2c(cc1OC)C(c1ccccc1)N(C(=O)c1c(F)c(F)c(F)c(F)c1F)CC2. The Balaban J connectivity index is 1.91. The number of carbonyl (C=O) groups excluding carboxylic acids is 1. The molecule has 33 heavy (non-hydrogen) atoms. The van der Waals surface area contributed by atoms with Gasteiger partial charge in [0.1, 0.15) is 5.56 Å². The van der Waals surface area contributed by atoms with Crippen molar-refractivity contribution in [2.45, 2.75) is 12.5 Å². The zero-order chi connectivity index (χ0) is 23.9. The second-order valence-corrected chi connectivity index (χ2v) is 7.41. The molecule has 172 valence electrons. The predicted octanol–water partition coefficient (Wildman–Crippen LogP) is 5.19. The lowest BCUT2D eigenvalue weighted by Gasteiger charge is -2.38. The number of methoxy groups -OCH3 is 2. The molecule has 1 amide bonds. The van der Waals surface area contributed by atoms with Crippen LogP contribution in [0.3, 0.4) is 0 Å². The molecule has 0 bridgehead atoms. The van der Waals surface area contributed by atoms with Gasteiger partial charge in [-0.15, -0.1) is 0 Å². The molecule has 3 aromatic carbocycles. The summed E-state index contributed by atoms with van der Waals surface area (Å²) in [5.41, 5.74) is 0.476. The van der Waals surface area contributed by atoms with E-state index < -0.39 is 46.6 Å². The molecule has 0 aliphatic carbocycles. The maximum Gasteiger partial charge on any atom is 0.260 e. The summed E-state index contributed by atoms with van der Waals surface area (Å²) in [6.07, 6.45) is 0.264. The Morgan fingerprint density at radius 3 is 1.97 bits per heavy atom. The van der Waals surface area contributed by atoms with E-state index in [4.69, 9.17) is 9.47 Å². The number of nitrogens with zero attached hydrogens (tertiary/aromatic N) is 1. The molecule has 1 aliphatic heterocycles. The summed E-state index contributed by atoms with van der Waals surface area (Å²) in [6, 6.07) is 11.1. The number of halogens is 5. The van der Waals surface area contributed by atoms with Crippen molar-refractivity contribution in [3.8, 4) is 11.5 Å². The van der Waals surface area contributed by atoms with Gasteiger partial charge in [-0.25, -0.2) is 22.0 Å². The molecule has 4 rings (SSSR count). The van der Waals surface area contributed by atoms with Crippen LogP contribution in [-0.4, -0.2) is 31.6 Å². The zero-order valence-electron chi connectivity index (χ0n) is 17.6. The Morgan fingerprint density at radius 2 is 1.39 bits per heavy atom. The molecule has 0 fully saturated rings. The minimum Gasteiger partial charge on any atom is -0.493 e. The normalized spacial score (nSPS) is 15.2. The number of rotatable bonds is 4. The lowest BCUT2D eigenvalue weighted by Crippen LogP contribution is -2.41. The highest BCUT2D eigenvalue weighted by Gasteiger charge is 2.38. The van der Waals surface area contributed by atoms with E-state index >= 15 is 0 Å². The van der Waals surface area contributed by atoms with Crippen LogP contribution in [0.15, 0.2) is 42.5 Å². The second-order valence-electron chi connectivity index (χ2n) is 7.41. The van der Waals surface area contributed by atoms with Gasteiger partial charge in [0.05, 0.1) is 20.3 Å². The van der Waals surface area contributed by atoms with Gasteiger partial charge in [-0.3, -0.25) is 4.79 Å². The number of benzene rings is 3. The van der Waals surface area contributed by atoms with E-state index in [0.717, 1.165) is 10.5 Å². The monoisotopic (exact) mass is 463 g/mol. The molecule has 4 nitrogen and oxygen atoms in total. The maximum atomic E-state index is 14.4. The fraction of sp³-hybridized carbons (Fsp3) is 0.208. The average Bonchev–Trinajstić information content (AvgIpc) is 2.85. The van der Waals surface area contributed by atoms with Crippen molar-refractivity contribution in [2.75, 3.05) is 20.8 Å². The van der Waals surface area contributed by atoms with Crippen LogP contribution in [0.5, 0.6) is 11.5 Å². The van der Waals surface area contributed by atoms with Crippen molar-refractivity contribution in [2.24, 2.45) is 0 Å². The molecular weight excluding hydrogens is 445 g/mol. The highest BCUT2D eigenvalue weighted by Crippen LogP contribution is 2.42. The molecule has 0 spiro atoms. The van der Waals surface area contributed by atoms with Crippen LogP contribution in [0.2, 0.25) is 0 Å². The first kappa shape index (κ1) is 22.6. The molecule has 0 saturated heterocycles. The molecule has 0 N–H and O–H groups in total. The molecule has 0 aromatic heterocycles. The smallest absolute Gasteiger partial charge is 0.260 e. The summed E-state index contributed by atoms with van der Waals surface area (Å²) in [5, 5.41) is 0. The highest BCUT2D eigenvalue weighted by atomic mass is 19.2. The van der Waals surface area contributed by atoms with Crippen LogP contribution in [0.1, 0.15) is 33.1 Å². The van der Waals surface area contributed by atoms with Crippen molar-refractivity contribution in [3.05, 3.63) is 93.8 Å². The second kappa shape index (κ2) is 8.73. The van der Waals surface area contributed by atoms with Gasteiger partial charge in [0.2, 0.25) is 5.82 Å². The number of ether oxygens (including phenoxy) is 2. The Hall–Kier alpha value is -3.62. The van der Waals surface area contributed by atoms with Crippen molar-refractivity contribution in [3.63, 3.8) is 0 Å². The van der Waals surface area contributed by atoms with Crippen molar-refractivity contribution in [1.82, 2.24) is 4.90 Å². The number of fused-ring (bicyclic) bond motifs is 1. The standard InChI is InChI=1S/C24H18F5NO3/c1-32-15-10-13-8-9-30(24(31)17-18(25)20(27)22(29)21(28)19(17)26)23(12-6-4-3-5-7-12)14(13)11-16(15)33-2/h3-7,10-11,23H,8-9H2,1-2H3. The van der Waals surface area contributed by atoms with Crippen LogP contribution < -0.4 is 9.47 Å². The Kier molecular flexibility index (Phi) is 5.97. The van der Waals surface area contributed by atoms with E-state index in [1.807, 2.05) is 0 Å². The first-order valence-corrected chi connectivity index (χ1v) is 9.92. The van der Waals surface area contributed by atoms with Gasteiger partial charge in [0.25, 0.3) is 5.91 Å². The summed E-state index contributed by atoms with van der Waals surface area (Å²) in [6.45, 7) is -0.0274. The Labute approximate surface area is 186 Å². The minimum atomic E-state index is -2.32. The van der Waals surface area contributed by atoms with Gasteiger partial charge in [-0.05, 0) is 35.2 Å². The topological polar surface area (TPSA) is 38.8 Å². The van der Waals surface area contributed by atoms with Crippen LogP contribution in [-0.2, 0) is 6.42 Å². The largest absolute Gasteiger partial charge is 0.493 e. The number of hydrogen-bond acceptors (Lipinski definition) is 3. The Bertz CT molecular complexity index is 1200. The van der Waals surface area contributed by atoms with Gasteiger partial charge >= 0.3 is 0 Å². The van der Waals surface area contributed by atoms with Gasteiger partial charge in [0.15, 0.2) is 34.8 Å². The maximum absolute atomic E-state index is 14.4. The number of carbonyl (C=O) groups is 1. The van der Waals surface area contributed by atoms with Crippen LogP contribution in [0.25, 0.3) is 0 Å². The van der Waals surface area contributed by atoms with E-state index in [2.05, 4.69) is 0 Å². The lowest BCUT2D eigenvalue weighted by atomic mass is 9.87. The van der Waals surface area contributed by atoms with E-state index in [-0.39, 0.29) is 13.0 Å². The van der Waals surface area contributed by atoms with Crippen molar-refractivity contribution < 1.29 is 36.2 Å². The predicted molar refractivity (Wildman–Crippen MR) is 109 cm³/mol. The molecule has 1 unspecified atom stereocenters. The summed E-state index contributed by atoms with van der Waals surface area (Å²) >= 11 is 0. The Morgan fingerprint density at radius 1 is 0.848 bits per heavy atom. The molecular formula is C24H18F5NO3. The summed E-state index contributed by atoms with van der Waals surface area (Å²) in [4.78, 5) is 14.4. The van der Waals surface area contributed by atoms with E-state index in [1.165, 1.54) is 14.2 Å². The molecule has 1 atom stereocenters.